The number of hydrazine groups is 1. The number of nitrogens with zero attached hydrogens (tertiary/aromatic N) is 2. The lowest BCUT2D eigenvalue weighted by molar-refractivity contribution is 0.122. The van der Waals surface area contributed by atoms with Crippen LogP contribution in [0.2, 0.25) is 0 Å². The molecule has 1 atom stereocenters. The number of imidazole rings is 1. The van der Waals surface area contributed by atoms with Gasteiger partial charge >= 0.3 is 0 Å². The Morgan fingerprint density at radius 2 is 2.16 bits per heavy atom. The fraction of sp³-hybridized carbons (Fsp3) is 0.500. The second-order valence-corrected chi connectivity index (χ2v) is 4.49. The molecule has 0 aliphatic heterocycles. The predicted molar refractivity (Wildman–Crippen MR) is 76.7 cm³/mol. The molecule has 0 aliphatic carbocycles. The SMILES string of the molecule is CCOCC(Cc1nc2ccccc2n1CC)NN. The normalized spacial score (nSPS) is 13.0. The molecule has 5 nitrogen and oxygen atoms in total. The molecule has 0 saturated heterocycles. The second-order valence-electron chi connectivity index (χ2n) is 4.49. The van der Waals surface area contributed by atoms with E-state index in [1.54, 1.807) is 0 Å². The molecular weight excluding hydrogens is 240 g/mol. The molecule has 2 aromatic rings. The van der Waals surface area contributed by atoms with Crippen LogP contribution >= 0.6 is 0 Å². The number of nitrogens with two attached hydrogens (primary N) is 1. The molecule has 3 N–H and O–H groups in total. The minimum absolute atomic E-state index is 0.0852. The molecule has 5 heteroatoms. The molecule has 1 heterocycles. The van der Waals surface area contributed by atoms with Crippen molar-refractivity contribution in [2.75, 3.05) is 13.2 Å². The predicted octanol–water partition coefficient (Wildman–Crippen LogP) is 1.47. The Bertz CT molecular complexity index is 523. The maximum atomic E-state index is 5.58. The highest BCUT2D eigenvalue weighted by Gasteiger charge is 2.14. The van der Waals surface area contributed by atoms with E-state index in [-0.39, 0.29) is 6.04 Å². The number of fused-ring (bicyclic) bond motifs is 1. The summed E-state index contributed by atoms with van der Waals surface area (Å²) in [6.45, 7) is 6.31. The van der Waals surface area contributed by atoms with E-state index >= 15 is 0 Å². The molecule has 1 unspecified atom stereocenters. The summed E-state index contributed by atoms with van der Waals surface area (Å²) in [7, 11) is 0. The minimum Gasteiger partial charge on any atom is -0.380 e. The molecule has 1 aromatic carbocycles. The lowest BCUT2D eigenvalue weighted by Crippen LogP contribution is -2.40. The Balaban J connectivity index is 2.23. The van der Waals surface area contributed by atoms with Crippen molar-refractivity contribution in [3.8, 4) is 0 Å². The van der Waals surface area contributed by atoms with Crippen LogP contribution in [0, 0.1) is 0 Å². The van der Waals surface area contributed by atoms with E-state index in [2.05, 4.69) is 23.0 Å². The third-order valence-corrected chi connectivity index (χ3v) is 3.24. The van der Waals surface area contributed by atoms with Gasteiger partial charge < -0.3 is 9.30 Å². The summed E-state index contributed by atoms with van der Waals surface area (Å²) < 4.78 is 7.65. The van der Waals surface area contributed by atoms with Crippen LogP contribution in [0.1, 0.15) is 19.7 Å². The van der Waals surface area contributed by atoms with Gasteiger partial charge in [-0.3, -0.25) is 11.3 Å². The summed E-state index contributed by atoms with van der Waals surface area (Å²) in [5, 5.41) is 0. The molecule has 0 radical (unpaired) electrons. The van der Waals surface area contributed by atoms with Gasteiger partial charge in [-0.15, -0.1) is 0 Å². The third-order valence-electron chi connectivity index (χ3n) is 3.24. The van der Waals surface area contributed by atoms with Crippen LogP contribution in [0.5, 0.6) is 0 Å². The lowest BCUT2D eigenvalue weighted by atomic mass is 10.2. The molecule has 0 saturated carbocycles. The van der Waals surface area contributed by atoms with Gasteiger partial charge in [0.25, 0.3) is 0 Å². The van der Waals surface area contributed by atoms with E-state index in [1.165, 1.54) is 5.52 Å². The number of para-hydroxylation sites is 2. The number of aromatic nitrogens is 2. The van der Waals surface area contributed by atoms with Crippen molar-refractivity contribution in [3.05, 3.63) is 30.1 Å². The van der Waals surface area contributed by atoms with Crippen LogP contribution in [0.3, 0.4) is 0 Å². The summed E-state index contributed by atoms with van der Waals surface area (Å²) in [6.07, 6.45) is 0.763. The molecule has 1 aromatic heterocycles. The zero-order valence-corrected chi connectivity index (χ0v) is 11.6. The second kappa shape index (κ2) is 6.65. The highest BCUT2D eigenvalue weighted by atomic mass is 16.5. The Hall–Kier alpha value is -1.43. The molecule has 0 amide bonds. The summed E-state index contributed by atoms with van der Waals surface area (Å²) in [5.41, 5.74) is 5.01. The molecular formula is C14H22N4O. The zero-order chi connectivity index (χ0) is 13.7. The Kier molecular flexibility index (Phi) is 4.90. The highest BCUT2D eigenvalue weighted by molar-refractivity contribution is 5.75. The first-order chi connectivity index (χ1) is 9.30. The smallest absolute Gasteiger partial charge is 0.111 e. The number of rotatable bonds is 7. The fourth-order valence-corrected chi connectivity index (χ4v) is 2.28. The maximum absolute atomic E-state index is 5.58. The third kappa shape index (κ3) is 3.12. The van der Waals surface area contributed by atoms with Crippen LogP contribution in [0.4, 0.5) is 0 Å². The van der Waals surface area contributed by atoms with Gasteiger partial charge in [-0.2, -0.15) is 0 Å². The topological polar surface area (TPSA) is 65.1 Å². The van der Waals surface area contributed by atoms with Gasteiger partial charge in [0.2, 0.25) is 0 Å². The van der Waals surface area contributed by atoms with Crippen molar-refractivity contribution in [2.45, 2.75) is 32.9 Å². The molecule has 0 aliphatic rings. The number of benzene rings is 1. The number of ether oxygens (including phenoxy) is 1. The fourth-order valence-electron chi connectivity index (χ4n) is 2.28. The van der Waals surface area contributed by atoms with Crippen LogP contribution in [0.25, 0.3) is 11.0 Å². The first kappa shape index (κ1) is 14.0. The first-order valence-electron chi connectivity index (χ1n) is 6.78. The van der Waals surface area contributed by atoms with E-state index in [4.69, 9.17) is 15.6 Å². The van der Waals surface area contributed by atoms with Gasteiger partial charge in [-0.1, -0.05) is 12.1 Å². The van der Waals surface area contributed by atoms with Gasteiger partial charge in [0.1, 0.15) is 5.82 Å². The molecule has 2 rings (SSSR count). The van der Waals surface area contributed by atoms with Crippen LogP contribution < -0.4 is 11.3 Å². The summed E-state index contributed by atoms with van der Waals surface area (Å²) in [5.74, 6) is 6.63. The standard InChI is InChI=1S/C14H22N4O/c1-3-18-13-8-6-5-7-12(13)16-14(18)9-11(17-15)10-19-4-2/h5-8,11,17H,3-4,9-10,15H2,1-2H3. The van der Waals surface area contributed by atoms with Crippen molar-refractivity contribution in [1.29, 1.82) is 0 Å². The van der Waals surface area contributed by atoms with Crippen molar-refractivity contribution < 1.29 is 4.74 Å². The number of aryl methyl sites for hydroxylation is 1. The first-order valence-corrected chi connectivity index (χ1v) is 6.78. The van der Waals surface area contributed by atoms with Gasteiger partial charge in [0.15, 0.2) is 0 Å². The van der Waals surface area contributed by atoms with Crippen LogP contribution in [-0.2, 0) is 17.7 Å². The number of nitrogens with one attached hydrogen (secondary N) is 1. The van der Waals surface area contributed by atoms with Gasteiger partial charge in [-0.05, 0) is 26.0 Å². The van der Waals surface area contributed by atoms with Gasteiger partial charge in [-0.25, -0.2) is 4.98 Å². The largest absolute Gasteiger partial charge is 0.380 e. The number of hydrogen-bond acceptors (Lipinski definition) is 4. The van der Waals surface area contributed by atoms with E-state index in [0.29, 0.717) is 13.2 Å². The summed E-state index contributed by atoms with van der Waals surface area (Å²) in [4.78, 5) is 4.69. The zero-order valence-electron chi connectivity index (χ0n) is 11.6. The average Bonchev–Trinajstić information content (AvgIpc) is 2.80. The Labute approximate surface area is 113 Å². The molecule has 0 fully saturated rings. The number of hydrogen-bond donors (Lipinski definition) is 2. The summed E-state index contributed by atoms with van der Waals surface area (Å²) >= 11 is 0. The van der Waals surface area contributed by atoms with E-state index in [0.717, 1.165) is 24.3 Å². The summed E-state index contributed by atoms with van der Waals surface area (Å²) in [6, 6.07) is 8.28. The van der Waals surface area contributed by atoms with Crippen molar-refractivity contribution in [3.63, 3.8) is 0 Å². The van der Waals surface area contributed by atoms with Crippen molar-refractivity contribution >= 4 is 11.0 Å². The highest BCUT2D eigenvalue weighted by Crippen LogP contribution is 2.17. The monoisotopic (exact) mass is 262 g/mol. The van der Waals surface area contributed by atoms with Crippen LogP contribution in [-0.4, -0.2) is 28.8 Å². The van der Waals surface area contributed by atoms with Gasteiger partial charge in [0.05, 0.1) is 23.7 Å². The lowest BCUT2D eigenvalue weighted by Gasteiger charge is -2.16. The Morgan fingerprint density at radius 3 is 2.84 bits per heavy atom. The van der Waals surface area contributed by atoms with Crippen molar-refractivity contribution in [1.82, 2.24) is 15.0 Å². The average molecular weight is 262 g/mol. The van der Waals surface area contributed by atoms with E-state index < -0.39 is 0 Å². The minimum atomic E-state index is 0.0852. The maximum Gasteiger partial charge on any atom is 0.111 e. The molecule has 0 spiro atoms. The quantitative estimate of drug-likeness (QED) is 0.586. The van der Waals surface area contributed by atoms with E-state index in [1.807, 2.05) is 25.1 Å². The molecule has 0 bridgehead atoms. The molecule has 104 valence electrons. The molecule has 19 heavy (non-hydrogen) atoms. The van der Waals surface area contributed by atoms with Crippen molar-refractivity contribution in [2.24, 2.45) is 5.84 Å². The van der Waals surface area contributed by atoms with Crippen LogP contribution in [0.15, 0.2) is 24.3 Å². The Morgan fingerprint density at radius 1 is 1.37 bits per heavy atom. The van der Waals surface area contributed by atoms with E-state index in [9.17, 15) is 0 Å². The van der Waals surface area contributed by atoms with Gasteiger partial charge in [0, 0.05) is 19.6 Å².